The van der Waals surface area contributed by atoms with Gasteiger partial charge in [-0.25, -0.2) is 13.2 Å². The standard InChI is InChI=1S/C27H26N2O8S/c1-4-35-20-9-7-19(8-10-20)29(3)38(33,34)21-11-5-17(2)22(14-21)27(32)37-15-24(30)18-6-12-25-23(13-18)28-26(31)16-36-25/h5-14H,4,15-16H2,1-3H3,(H,28,31). The quantitative estimate of drug-likeness (QED) is 0.323. The number of aryl methyl sites for hydroxylation is 1. The monoisotopic (exact) mass is 538 g/mol. The Morgan fingerprint density at radius 3 is 2.50 bits per heavy atom. The highest BCUT2D eigenvalue weighted by molar-refractivity contribution is 7.92. The van der Waals surface area contributed by atoms with Crippen molar-refractivity contribution < 1.29 is 37.0 Å². The summed E-state index contributed by atoms with van der Waals surface area (Å²) in [4.78, 5) is 36.9. The first-order valence-corrected chi connectivity index (χ1v) is 13.1. The number of anilines is 2. The minimum Gasteiger partial charge on any atom is -0.494 e. The van der Waals surface area contributed by atoms with Crippen LogP contribution in [-0.2, 0) is 19.6 Å². The number of amides is 1. The summed E-state index contributed by atoms with van der Waals surface area (Å²) in [6.07, 6.45) is 0. The van der Waals surface area contributed by atoms with E-state index in [4.69, 9.17) is 14.2 Å². The van der Waals surface area contributed by atoms with Crippen molar-refractivity contribution in [1.29, 1.82) is 0 Å². The van der Waals surface area contributed by atoms with Gasteiger partial charge in [0.2, 0.25) is 0 Å². The molecule has 198 valence electrons. The van der Waals surface area contributed by atoms with Gasteiger partial charge in [0.1, 0.15) is 11.5 Å². The summed E-state index contributed by atoms with van der Waals surface area (Å²) >= 11 is 0. The highest BCUT2D eigenvalue weighted by Gasteiger charge is 2.25. The van der Waals surface area contributed by atoms with Crippen LogP contribution in [0.2, 0.25) is 0 Å². The van der Waals surface area contributed by atoms with E-state index in [0.29, 0.717) is 35.0 Å². The number of Topliss-reactive ketones (excluding diaryl/α,β-unsaturated/α-hetero) is 1. The van der Waals surface area contributed by atoms with Crippen LogP contribution in [0.25, 0.3) is 0 Å². The van der Waals surface area contributed by atoms with Crippen LogP contribution < -0.4 is 19.1 Å². The smallest absolute Gasteiger partial charge is 0.338 e. The van der Waals surface area contributed by atoms with E-state index in [9.17, 15) is 22.8 Å². The Morgan fingerprint density at radius 2 is 1.79 bits per heavy atom. The number of hydrogen-bond acceptors (Lipinski definition) is 8. The van der Waals surface area contributed by atoms with Gasteiger partial charge in [0, 0.05) is 12.6 Å². The van der Waals surface area contributed by atoms with Crippen LogP contribution in [-0.4, -0.2) is 52.9 Å². The van der Waals surface area contributed by atoms with Crippen molar-refractivity contribution in [1.82, 2.24) is 0 Å². The number of hydrogen-bond donors (Lipinski definition) is 1. The Kier molecular flexibility index (Phi) is 7.67. The van der Waals surface area contributed by atoms with Crippen LogP contribution in [0.15, 0.2) is 65.6 Å². The molecule has 3 aromatic carbocycles. The third kappa shape index (κ3) is 5.62. The maximum Gasteiger partial charge on any atom is 0.338 e. The molecule has 1 aliphatic heterocycles. The molecule has 0 atom stereocenters. The van der Waals surface area contributed by atoms with Crippen LogP contribution in [0.4, 0.5) is 11.4 Å². The van der Waals surface area contributed by atoms with E-state index in [1.807, 2.05) is 6.92 Å². The zero-order valence-corrected chi connectivity index (χ0v) is 21.8. The Labute approximate surface area is 220 Å². The Bertz CT molecular complexity index is 1500. The highest BCUT2D eigenvalue weighted by atomic mass is 32.2. The maximum atomic E-state index is 13.3. The van der Waals surface area contributed by atoms with Gasteiger partial charge < -0.3 is 19.5 Å². The Balaban J connectivity index is 1.48. The molecule has 38 heavy (non-hydrogen) atoms. The predicted octanol–water partition coefficient (Wildman–Crippen LogP) is 3.59. The molecule has 4 rings (SSSR count). The van der Waals surface area contributed by atoms with E-state index in [0.717, 1.165) is 4.31 Å². The molecule has 0 aliphatic carbocycles. The van der Waals surface area contributed by atoms with Gasteiger partial charge >= 0.3 is 5.97 Å². The molecule has 0 aromatic heterocycles. The number of rotatable bonds is 9. The van der Waals surface area contributed by atoms with Crippen LogP contribution >= 0.6 is 0 Å². The molecule has 0 radical (unpaired) electrons. The number of benzene rings is 3. The van der Waals surface area contributed by atoms with Gasteiger partial charge in [-0.2, -0.15) is 0 Å². The number of ketones is 1. The van der Waals surface area contributed by atoms with Crippen molar-refractivity contribution in [3.63, 3.8) is 0 Å². The summed E-state index contributed by atoms with van der Waals surface area (Å²) in [5, 5.41) is 2.61. The Hall–Kier alpha value is -4.38. The minimum absolute atomic E-state index is 0.0186. The molecule has 1 amide bonds. The second-order valence-electron chi connectivity index (χ2n) is 8.42. The average Bonchev–Trinajstić information content (AvgIpc) is 2.91. The fraction of sp³-hybridized carbons (Fsp3) is 0.222. The summed E-state index contributed by atoms with van der Waals surface area (Å²) in [5.74, 6) is -0.636. The fourth-order valence-electron chi connectivity index (χ4n) is 3.75. The summed E-state index contributed by atoms with van der Waals surface area (Å²) in [6, 6.07) is 15.2. The second kappa shape index (κ2) is 10.9. The molecule has 1 N–H and O–H groups in total. The molecule has 0 saturated heterocycles. The average molecular weight is 539 g/mol. The topological polar surface area (TPSA) is 128 Å². The lowest BCUT2D eigenvalue weighted by molar-refractivity contribution is -0.118. The van der Waals surface area contributed by atoms with Crippen molar-refractivity contribution in [2.24, 2.45) is 0 Å². The number of esters is 1. The first-order valence-electron chi connectivity index (χ1n) is 11.7. The second-order valence-corrected chi connectivity index (χ2v) is 10.4. The lowest BCUT2D eigenvalue weighted by Gasteiger charge is -2.20. The molecule has 1 heterocycles. The molecule has 3 aromatic rings. The fourth-order valence-corrected chi connectivity index (χ4v) is 4.97. The number of ether oxygens (including phenoxy) is 3. The van der Waals surface area contributed by atoms with Gasteiger partial charge in [-0.3, -0.25) is 13.9 Å². The number of carbonyl (C=O) groups excluding carboxylic acids is 3. The molecule has 0 saturated carbocycles. The third-order valence-corrected chi connectivity index (χ3v) is 7.65. The van der Waals surface area contributed by atoms with Gasteiger partial charge in [0.25, 0.3) is 15.9 Å². The number of nitrogens with one attached hydrogen (secondary N) is 1. The molecule has 0 fully saturated rings. The minimum atomic E-state index is -4.01. The van der Waals surface area contributed by atoms with E-state index in [-0.39, 0.29) is 28.5 Å². The molecule has 0 bridgehead atoms. The number of nitrogens with zero attached hydrogens (tertiary/aromatic N) is 1. The first-order chi connectivity index (χ1) is 18.1. The normalized spacial score (nSPS) is 12.6. The SMILES string of the molecule is CCOc1ccc(N(C)S(=O)(=O)c2ccc(C)c(C(=O)OCC(=O)c3ccc4c(c3)NC(=O)CO4)c2)cc1. The zero-order chi connectivity index (χ0) is 27.4. The van der Waals surface area contributed by atoms with Gasteiger partial charge in [-0.15, -0.1) is 0 Å². The molecule has 1 aliphatic rings. The number of carbonyl (C=O) groups is 3. The van der Waals surface area contributed by atoms with Crippen molar-refractivity contribution in [3.05, 3.63) is 77.4 Å². The molecular weight excluding hydrogens is 512 g/mol. The van der Waals surface area contributed by atoms with Crippen molar-refractivity contribution >= 4 is 39.1 Å². The molecular formula is C27H26N2O8S. The Morgan fingerprint density at radius 1 is 1.05 bits per heavy atom. The van der Waals surface area contributed by atoms with E-state index in [2.05, 4.69) is 5.32 Å². The number of fused-ring (bicyclic) bond motifs is 1. The number of sulfonamides is 1. The van der Waals surface area contributed by atoms with E-state index < -0.39 is 28.4 Å². The van der Waals surface area contributed by atoms with E-state index in [1.165, 1.54) is 37.4 Å². The zero-order valence-electron chi connectivity index (χ0n) is 21.0. The summed E-state index contributed by atoms with van der Waals surface area (Å²) in [6.45, 7) is 3.29. The molecule has 11 heteroatoms. The lowest BCUT2D eigenvalue weighted by atomic mass is 10.1. The first kappa shape index (κ1) is 26.7. The van der Waals surface area contributed by atoms with E-state index >= 15 is 0 Å². The highest BCUT2D eigenvalue weighted by Crippen LogP contribution is 2.29. The van der Waals surface area contributed by atoms with Gasteiger partial charge in [-0.1, -0.05) is 6.07 Å². The van der Waals surface area contributed by atoms with Crippen molar-refractivity contribution in [2.45, 2.75) is 18.7 Å². The molecule has 10 nitrogen and oxygen atoms in total. The van der Waals surface area contributed by atoms with Crippen LogP contribution in [0.1, 0.15) is 33.2 Å². The van der Waals surface area contributed by atoms with Crippen molar-refractivity contribution in [3.8, 4) is 11.5 Å². The van der Waals surface area contributed by atoms with Gasteiger partial charge in [0.05, 0.1) is 28.4 Å². The van der Waals surface area contributed by atoms with Gasteiger partial charge in [-0.05, 0) is 74.0 Å². The molecule has 0 unspecified atom stereocenters. The summed E-state index contributed by atoms with van der Waals surface area (Å²) < 4.78 is 43.5. The third-order valence-electron chi connectivity index (χ3n) is 5.87. The van der Waals surface area contributed by atoms with Gasteiger partial charge in [0.15, 0.2) is 19.0 Å². The lowest BCUT2D eigenvalue weighted by Crippen LogP contribution is -2.27. The van der Waals surface area contributed by atoms with Crippen molar-refractivity contribution in [2.75, 3.05) is 36.5 Å². The largest absolute Gasteiger partial charge is 0.494 e. The summed E-state index contributed by atoms with van der Waals surface area (Å²) in [5.41, 5.74) is 1.48. The van der Waals surface area contributed by atoms with Crippen LogP contribution in [0.5, 0.6) is 11.5 Å². The van der Waals surface area contributed by atoms with E-state index in [1.54, 1.807) is 37.3 Å². The maximum absolute atomic E-state index is 13.3. The van der Waals surface area contributed by atoms with Crippen LogP contribution in [0.3, 0.4) is 0 Å². The van der Waals surface area contributed by atoms with Crippen LogP contribution in [0, 0.1) is 6.92 Å². The molecule has 0 spiro atoms. The summed E-state index contributed by atoms with van der Waals surface area (Å²) in [7, 11) is -2.60. The predicted molar refractivity (Wildman–Crippen MR) is 140 cm³/mol.